The summed E-state index contributed by atoms with van der Waals surface area (Å²) < 4.78 is 11.4. The third-order valence-corrected chi connectivity index (χ3v) is 5.62. The summed E-state index contributed by atoms with van der Waals surface area (Å²) in [7, 11) is 0. The van der Waals surface area contributed by atoms with Crippen molar-refractivity contribution in [2.75, 3.05) is 6.61 Å². The number of carbonyl (C=O) groups excluding carboxylic acids is 1. The Labute approximate surface area is 154 Å². The highest BCUT2D eigenvalue weighted by Gasteiger charge is 2.47. The molecule has 150 valence electrons. The lowest BCUT2D eigenvalue weighted by Gasteiger charge is -2.47. The summed E-state index contributed by atoms with van der Waals surface area (Å²) in [6, 6.07) is 0. The maximum absolute atomic E-state index is 11.3. The number of hydrogen-bond donors (Lipinski definition) is 4. The van der Waals surface area contributed by atoms with E-state index in [9.17, 15) is 25.2 Å². The van der Waals surface area contributed by atoms with E-state index >= 15 is 0 Å². The van der Waals surface area contributed by atoms with Crippen molar-refractivity contribution < 1.29 is 34.7 Å². The van der Waals surface area contributed by atoms with Crippen LogP contribution < -0.4 is 0 Å². The van der Waals surface area contributed by atoms with Crippen LogP contribution in [0.5, 0.6) is 0 Å². The number of aliphatic hydroxyl groups excluding tert-OH is 4. The fraction of sp³-hybridized carbons (Fsp3) is 0.842. The molecule has 0 unspecified atom stereocenters. The molecule has 8 atom stereocenters. The van der Waals surface area contributed by atoms with Crippen molar-refractivity contribution in [3.8, 4) is 0 Å². The normalized spacial score (nSPS) is 43.5. The average Bonchev–Trinajstić information content (AvgIpc) is 2.53. The molecule has 0 aromatic rings. The molecule has 0 radical (unpaired) electrons. The fourth-order valence-electron chi connectivity index (χ4n) is 4.30. The van der Waals surface area contributed by atoms with Gasteiger partial charge in [-0.25, -0.2) is 0 Å². The SMILES string of the molecule is CC(=O)/C=C/[C@@H]1[C@H](C)C[C@H](O[C@@H]2O[C@H](CO)[C@@H](O)[C@H](O)[C@H]2O)CC1(C)C. The minimum atomic E-state index is -1.44. The van der Waals surface area contributed by atoms with Gasteiger partial charge in [0.15, 0.2) is 12.1 Å². The van der Waals surface area contributed by atoms with Gasteiger partial charge in [-0.05, 0) is 43.1 Å². The van der Waals surface area contributed by atoms with Crippen molar-refractivity contribution in [3.05, 3.63) is 12.2 Å². The van der Waals surface area contributed by atoms with Crippen LogP contribution in [0.25, 0.3) is 0 Å². The molecule has 0 aromatic carbocycles. The number of hydrogen-bond acceptors (Lipinski definition) is 7. The Balaban J connectivity index is 2.06. The van der Waals surface area contributed by atoms with E-state index < -0.39 is 37.3 Å². The Bertz CT molecular complexity index is 516. The highest BCUT2D eigenvalue weighted by atomic mass is 16.7. The van der Waals surface area contributed by atoms with Crippen LogP contribution in [0.2, 0.25) is 0 Å². The predicted molar refractivity (Wildman–Crippen MR) is 94.1 cm³/mol. The molecule has 1 aliphatic heterocycles. The molecule has 0 spiro atoms. The Morgan fingerprint density at radius 2 is 1.88 bits per heavy atom. The Morgan fingerprint density at radius 1 is 1.23 bits per heavy atom. The molecule has 0 amide bonds. The first-order valence-corrected chi connectivity index (χ1v) is 9.21. The Kier molecular flexibility index (Phi) is 6.98. The summed E-state index contributed by atoms with van der Waals surface area (Å²) in [6.07, 6.45) is -1.51. The van der Waals surface area contributed by atoms with Crippen LogP contribution in [0.4, 0.5) is 0 Å². The standard InChI is InChI=1S/C19H32O7/c1-10-7-12(8-19(3,4)13(10)6-5-11(2)21)25-18-17(24)16(23)15(22)14(9-20)26-18/h5-6,10,12-18,20,22-24H,7-9H2,1-4H3/b6-5+/t10-,12+,13-,14-,15-,16+,17-,18-/m1/s1. The van der Waals surface area contributed by atoms with Crippen molar-refractivity contribution in [3.63, 3.8) is 0 Å². The fourth-order valence-corrected chi connectivity index (χ4v) is 4.30. The molecular formula is C19H32O7. The van der Waals surface area contributed by atoms with E-state index in [0.29, 0.717) is 12.8 Å². The molecule has 7 heteroatoms. The highest BCUT2D eigenvalue weighted by molar-refractivity contribution is 5.87. The van der Waals surface area contributed by atoms with E-state index in [2.05, 4.69) is 20.8 Å². The van der Waals surface area contributed by atoms with E-state index in [1.54, 1.807) is 6.08 Å². The molecule has 0 bridgehead atoms. The van der Waals surface area contributed by atoms with Gasteiger partial charge in [0, 0.05) is 0 Å². The van der Waals surface area contributed by atoms with E-state index in [0.717, 1.165) is 0 Å². The topological polar surface area (TPSA) is 116 Å². The minimum Gasteiger partial charge on any atom is -0.394 e. The molecule has 0 aromatic heterocycles. The quantitative estimate of drug-likeness (QED) is 0.516. The predicted octanol–water partition coefficient (Wildman–Crippen LogP) is 0.389. The first-order valence-electron chi connectivity index (χ1n) is 9.21. The van der Waals surface area contributed by atoms with Crippen molar-refractivity contribution in [2.45, 2.75) is 77.3 Å². The second-order valence-electron chi connectivity index (χ2n) is 8.36. The number of carbonyl (C=O) groups is 1. The summed E-state index contributed by atoms with van der Waals surface area (Å²) in [5, 5.41) is 39.2. The number of allylic oxidation sites excluding steroid dienone is 2. The van der Waals surface area contributed by atoms with E-state index in [-0.39, 0.29) is 29.1 Å². The van der Waals surface area contributed by atoms with Crippen molar-refractivity contribution in [2.24, 2.45) is 17.3 Å². The van der Waals surface area contributed by atoms with Crippen LogP contribution >= 0.6 is 0 Å². The van der Waals surface area contributed by atoms with Crippen molar-refractivity contribution in [1.82, 2.24) is 0 Å². The monoisotopic (exact) mass is 372 g/mol. The maximum Gasteiger partial charge on any atom is 0.186 e. The highest BCUT2D eigenvalue weighted by Crippen LogP contribution is 2.46. The molecular weight excluding hydrogens is 340 g/mol. The summed E-state index contributed by atoms with van der Waals surface area (Å²) in [6.45, 7) is 7.37. The van der Waals surface area contributed by atoms with Gasteiger partial charge in [-0.1, -0.05) is 26.8 Å². The molecule has 1 aliphatic carbocycles. The molecule has 1 heterocycles. The Hall–Kier alpha value is -0.830. The van der Waals surface area contributed by atoms with Crippen LogP contribution in [-0.4, -0.2) is 69.6 Å². The smallest absolute Gasteiger partial charge is 0.186 e. The summed E-state index contributed by atoms with van der Waals surface area (Å²) >= 11 is 0. The number of aliphatic hydroxyl groups is 4. The molecule has 2 rings (SSSR count). The zero-order valence-electron chi connectivity index (χ0n) is 15.9. The van der Waals surface area contributed by atoms with Gasteiger partial charge < -0.3 is 29.9 Å². The van der Waals surface area contributed by atoms with Gasteiger partial charge in [0.1, 0.15) is 24.4 Å². The average molecular weight is 372 g/mol. The zero-order valence-corrected chi connectivity index (χ0v) is 15.9. The zero-order chi connectivity index (χ0) is 19.6. The van der Waals surface area contributed by atoms with E-state index in [1.165, 1.54) is 6.92 Å². The summed E-state index contributed by atoms with van der Waals surface area (Å²) in [5.74, 6) is 0.498. The van der Waals surface area contributed by atoms with E-state index in [4.69, 9.17) is 9.47 Å². The number of ketones is 1. The molecule has 4 N–H and O–H groups in total. The van der Waals surface area contributed by atoms with Gasteiger partial charge in [-0.2, -0.15) is 0 Å². The van der Waals surface area contributed by atoms with Gasteiger partial charge in [-0.15, -0.1) is 0 Å². The number of ether oxygens (including phenoxy) is 2. The second-order valence-corrected chi connectivity index (χ2v) is 8.36. The van der Waals surface area contributed by atoms with Gasteiger partial charge in [-0.3, -0.25) is 4.79 Å². The molecule has 26 heavy (non-hydrogen) atoms. The van der Waals surface area contributed by atoms with Gasteiger partial charge >= 0.3 is 0 Å². The van der Waals surface area contributed by atoms with Crippen LogP contribution in [-0.2, 0) is 14.3 Å². The lowest BCUT2D eigenvalue weighted by Crippen LogP contribution is -2.60. The summed E-state index contributed by atoms with van der Waals surface area (Å²) in [5.41, 5.74) is -0.123. The number of rotatable bonds is 5. The largest absolute Gasteiger partial charge is 0.394 e. The second kappa shape index (κ2) is 8.46. The van der Waals surface area contributed by atoms with Crippen LogP contribution in [0.15, 0.2) is 12.2 Å². The van der Waals surface area contributed by atoms with E-state index in [1.807, 2.05) is 6.08 Å². The Morgan fingerprint density at radius 3 is 2.42 bits per heavy atom. The first kappa shape index (κ1) is 21.5. The maximum atomic E-state index is 11.3. The van der Waals surface area contributed by atoms with Gasteiger partial charge in [0.05, 0.1) is 12.7 Å². The minimum absolute atomic E-state index is 0.0210. The van der Waals surface area contributed by atoms with Crippen molar-refractivity contribution >= 4 is 5.78 Å². The van der Waals surface area contributed by atoms with Gasteiger partial charge in [0.25, 0.3) is 0 Å². The summed E-state index contributed by atoms with van der Waals surface area (Å²) in [4.78, 5) is 11.3. The molecule has 1 saturated carbocycles. The van der Waals surface area contributed by atoms with Crippen LogP contribution in [0.3, 0.4) is 0 Å². The molecule has 7 nitrogen and oxygen atoms in total. The first-order chi connectivity index (χ1) is 12.1. The molecule has 1 saturated heterocycles. The van der Waals surface area contributed by atoms with Crippen LogP contribution in [0, 0.1) is 17.3 Å². The van der Waals surface area contributed by atoms with Gasteiger partial charge in [0.2, 0.25) is 0 Å². The van der Waals surface area contributed by atoms with Crippen LogP contribution in [0.1, 0.15) is 40.5 Å². The molecule has 2 fully saturated rings. The lowest BCUT2D eigenvalue weighted by molar-refractivity contribution is -0.316. The van der Waals surface area contributed by atoms with Crippen molar-refractivity contribution in [1.29, 1.82) is 0 Å². The third-order valence-electron chi connectivity index (χ3n) is 5.62. The third kappa shape index (κ3) is 4.71. The molecule has 2 aliphatic rings. The lowest BCUT2D eigenvalue weighted by atomic mass is 9.63.